The summed E-state index contributed by atoms with van der Waals surface area (Å²) in [7, 11) is -1.00. The molecule has 8 nitrogen and oxygen atoms in total. The van der Waals surface area contributed by atoms with Gasteiger partial charge in [-0.25, -0.2) is 13.1 Å². The SMILES string of the molecule is COc1cccc(OC)c1S(=O)(=O)NC1CC(N(CC(=O)O)CC2CC2)C1. The molecule has 0 amide bonds. The zero-order valence-electron chi connectivity index (χ0n) is 15.6. The Bertz CT molecular complexity index is 765. The lowest BCUT2D eigenvalue weighted by atomic mass is 9.86. The Labute approximate surface area is 159 Å². The quantitative estimate of drug-likeness (QED) is 0.612. The second-order valence-electron chi connectivity index (χ2n) is 7.20. The van der Waals surface area contributed by atoms with Gasteiger partial charge in [0.25, 0.3) is 0 Å². The molecule has 0 heterocycles. The van der Waals surface area contributed by atoms with Crippen molar-refractivity contribution >= 4 is 16.0 Å². The summed E-state index contributed by atoms with van der Waals surface area (Å²) in [5.74, 6) is 0.175. The molecule has 9 heteroatoms. The van der Waals surface area contributed by atoms with Crippen molar-refractivity contribution in [3.63, 3.8) is 0 Å². The molecule has 0 aromatic heterocycles. The summed E-state index contributed by atoms with van der Waals surface area (Å²) in [6.07, 6.45) is 3.48. The highest BCUT2D eigenvalue weighted by Gasteiger charge is 2.39. The molecule has 0 aliphatic heterocycles. The van der Waals surface area contributed by atoms with Crippen LogP contribution in [0, 0.1) is 5.92 Å². The summed E-state index contributed by atoms with van der Waals surface area (Å²) in [5.41, 5.74) is 0. The van der Waals surface area contributed by atoms with Crippen molar-refractivity contribution in [2.45, 2.75) is 42.7 Å². The average molecular weight is 398 g/mol. The smallest absolute Gasteiger partial charge is 0.317 e. The Balaban J connectivity index is 1.65. The van der Waals surface area contributed by atoms with Crippen LogP contribution in [0.25, 0.3) is 0 Å². The Morgan fingerprint density at radius 2 is 1.81 bits per heavy atom. The van der Waals surface area contributed by atoms with Gasteiger partial charge < -0.3 is 14.6 Å². The van der Waals surface area contributed by atoms with E-state index in [4.69, 9.17) is 14.6 Å². The molecule has 0 unspecified atom stereocenters. The first-order valence-corrected chi connectivity index (χ1v) is 10.5. The summed E-state index contributed by atoms with van der Waals surface area (Å²) in [4.78, 5) is 13.1. The molecule has 0 radical (unpaired) electrons. The van der Waals surface area contributed by atoms with E-state index in [0.717, 1.165) is 19.4 Å². The zero-order chi connectivity index (χ0) is 19.6. The maximum absolute atomic E-state index is 12.9. The molecule has 2 saturated carbocycles. The molecule has 2 aliphatic carbocycles. The molecular formula is C18H26N2O6S. The minimum Gasteiger partial charge on any atom is -0.495 e. The van der Waals surface area contributed by atoms with Crippen LogP contribution in [0.4, 0.5) is 0 Å². The van der Waals surface area contributed by atoms with Gasteiger partial charge in [-0.05, 0) is 43.7 Å². The number of benzene rings is 1. The normalized spacial score (nSPS) is 22.3. The lowest BCUT2D eigenvalue weighted by Gasteiger charge is -2.42. The molecular weight excluding hydrogens is 372 g/mol. The molecule has 1 aromatic rings. The molecule has 3 rings (SSSR count). The van der Waals surface area contributed by atoms with Crippen LogP contribution < -0.4 is 14.2 Å². The third-order valence-electron chi connectivity index (χ3n) is 5.13. The maximum atomic E-state index is 12.9. The van der Waals surface area contributed by atoms with Gasteiger partial charge in [-0.1, -0.05) is 6.07 Å². The molecule has 0 atom stereocenters. The van der Waals surface area contributed by atoms with E-state index in [0.29, 0.717) is 18.8 Å². The van der Waals surface area contributed by atoms with Crippen LogP contribution in [-0.4, -0.2) is 63.8 Å². The van der Waals surface area contributed by atoms with Crippen LogP contribution in [0.2, 0.25) is 0 Å². The first-order chi connectivity index (χ1) is 12.8. The third kappa shape index (κ3) is 4.72. The third-order valence-corrected chi connectivity index (χ3v) is 6.71. The van der Waals surface area contributed by atoms with Gasteiger partial charge >= 0.3 is 5.97 Å². The van der Waals surface area contributed by atoms with Crippen LogP contribution in [0.5, 0.6) is 11.5 Å². The molecule has 2 aliphatic rings. The van der Waals surface area contributed by atoms with Gasteiger partial charge in [0.2, 0.25) is 10.0 Å². The van der Waals surface area contributed by atoms with Crippen LogP contribution in [0.3, 0.4) is 0 Å². The summed E-state index contributed by atoms with van der Waals surface area (Å²) in [5, 5.41) is 9.12. The summed E-state index contributed by atoms with van der Waals surface area (Å²) in [6, 6.07) is 4.67. The standard InChI is InChI=1S/C18H26N2O6S/c1-25-15-4-3-5-16(26-2)18(15)27(23,24)19-13-8-14(9-13)20(11-17(21)22)10-12-6-7-12/h3-5,12-14,19H,6-11H2,1-2H3,(H,21,22). The molecule has 150 valence electrons. The van der Waals surface area contributed by atoms with E-state index >= 15 is 0 Å². The second-order valence-corrected chi connectivity index (χ2v) is 8.85. The lowest BCUT2D eigenvalue weighted by molar-refractivity contribution is -0.139. The molecule has 27 heavy (non-hydrogen) atoms. The van der Waals surface area contributed by atoms with E-state index in [9.17, 15) is 13.2 Å². The molecule has 0 bridgehead atoms. The highest BCUT2D eigenvalue weighted by Crippen LogP contribution is 2.36. The number of carboxylic acids is 1. The van der Waals surface area contributed by atoms with Crippen molar-refractivity contribution in [1.82, 2.24) is 9.62 Å². The minimum absolute atomic E-state index is 0.000960. The predicted molar refractivity (Wildman–Crippen MR) is 98.6 cm³/mol. The van der Waals surface area contributed by atoms with E-state index in [1.54, 1.807) is 18.2 Å². The highest BCUT2D eigenvalue weighted by molar-refractivity contribution is 7.89. The Morgan fingerprint density at radius 3 is 2.30 bits per heavy atom. The summed E-state index contributed by atoms with van der Waals surface area (Å²) < 4.78 is 38.8. The van der Waals surface area contributed by atoms with Gasteiger partial charge in [0.15, 0.2) is 4.90 Å². The molecule has 0 spiro atoms. The van der Waals surface area contributed by atoms with Gasteiger partial charge in [0.05, 0.1) is 20.8 Å². The van der Waals surface area contributed by atoms with Gasteiger partial charge in [-0.3, -0.25) is 9.69 Å². The van der Waals surface area contributed by atoms with Gasteiger partial charge in [0.1, 0.15) is 11.5 Å². The van der Waals surface area contributed by atoms with E-state index in [-0.39, 0.29) is 35.0 Å². The number of ether oxygens (including phenoxy) is 2. The number of sulfonamides is 1. The second kappa shape index (κ2) is 8.04. The zero-order valence-corrected chi connectivity index (χ0v) is 16.4. The Kier molecular flexibility index (Phi) is 5.92. The van der Waals surface area contributed by atoms with Crippen LogP contribution >= 0.6 is 0 Å². The first-order valence-electron chi connectivity index (χ1n) is 9.03. The summed E-state index contributed by atoms with van der Waals surface area (Å²) >= 11 is 0. The predicted octanol–water partition coefficient (Wildman–Crippen LogP) is 1.31. The molecule has 2 fully saturated rings. The van der Waals surface area contributed by atoms with Crippen molar-refractivity contribution in [3.05, 3.63) is 18.2 Å². The number of hydrogen-bond acceptors (Lipinski definition) is 6. The van der Waals surface area contributed by atoms with Crippen molar-refractivity contribution < 1.29 is 27.8 Å². The van der Waals surface area contributed by atoms with Gasteiger partial charge in [-0.15, -0.1) is 0 Å². The van der Waals surface area contributed by atoms with Crippen molar-refractivity contribution in [3.8, 4) is 11.5 Å². The number of methoxy groups -OCH3 is 2. The maximum Gasteiger partial charge on any atom is 0.317 e. The monoisotopic (exact) mass is 398 g/mol. The number of carboxylic acid groups (broad SMARTS) is 1. The van der Waals surface area contributed by atoms with Crippen molar-refractivity contribution in [2.24, 2.45) is 5.92 Å². The number of carbonyl (C=O) groups is 1. The Morgan fingerprint density at radius 1 is 1.22 bits per heavy atom. The largest absolute Gasteiger partial charge is 0.495 e. The fraction of sp³-hybridized carbons (Fsp3) is 0.611. The van der Waals surface area contributed by atoms with E-state index in [2.05, 4.69) is 4.72 Å². The number of nitrogens with one attached hydrogen (secondary N) is 1. The highest BCUT2D eigenvalue weighted by atomic mass is 32.2. The van der Waals surface area contributed by atoms with E-state index < -0.39 is 16.0 Å². The van der Waals surface area contributed by atoms with Crippen molar-refractivity contribution in [1.29, 1.82) is 0 Å². The van der Waals surface area contributed by atoms with Gasteiger partial charge in [0, 0.05) is 18.6 Å². The molecule has 0 saturated heterocycles. The van der Waals surface area contributed by atoms with Crippen molar-refractivity contribution in [2.75, 3.05) is 27.3 Å². The van der Waals surface area contributed by atoms with E-state index in [1.165, 1.54) is 14.2 Å². The first kappa shape index (κ1) is 19.9. The Hall–Kier alpha value is -1.84. The number of hydrogen-bond donors (Lipinski definition) is 2. The number of nitrogens with zero attached hydrogens (tertiary/aromatic N) is 1. The molecule has 2 N–H and O–H groups in total. The fourth-order valence-electron chi connectivity index (χ4n) is 3.49. The number of rotatable bonds is 10. The van der Waals surface area contributed by atoms with Crippen LogP contribution in [-0.2, 0) is 14.8 Å². The summed E-state index contributed by atoms with van der Waals surface area (Å²) in [6.45, 7) is 0.776. The fourth-order valence-corrected chi connectivity index (χ4v) is 5.07. The lowest BCUT2D eigenvalue weighted by Crippen LogP contribution is -2.55. The van der Waals surface area contributed by atoms with Crippen LogP contribution in [0.15, 0.2) is 23.1 Å². The minimum atomic E-state index is -3.82. The topological polar surface area (TPSA) is 105 Å². The molecule has 1 aromatic carbocycles. The van der Waals surface area contributed by atoms with Gasteiger partial charge in [-0.2, -0.15) is 0 Å². The van der Waals surface area contributed by atoms with Crippen LogP contribution in [0.1, 0.15) is 25.7 Å². The average Bonchev–Trinajstić information content (AvgIpc) is 3.40. The number of aliphatic carboxylic acids is 1. The van der Waals surface area contributed by atoms with E-state index in [1.807, 2.05) is 4.90 Å².